The lowest BCUT2D eigenvalue weighted by Gasteiger charge is -2.25. The second-order valence-electron chi connectivity index (χ2n) is 4.92. The number of hydrogen-bond donors (Lipinski definition) is 1. The molecule has 0 unspecified atom stereocenters. The largest absolute Gasteiger partial charge is 0.465 e. The molecule has 2 fully saturated rings. The van der Waals surface area contributed by atoms with Crippen LogP contribution in [0.4, 0.5) is 0 Å². The smallest absolute Gasteiger partial charge is 0.118 e. The van der Waals surface area contributed by atoms with Crippen molar-refractivity contribution in [3.63, 3.8) is 0 Å². The predicted molar refractivity (Wildman–Crippen MR) is 62.7 cm³/mol. The highest BCUT2D eigenvalue weighted by Gasteiger charge is 2.22. The van der Waals surface area contributed by atoms with Gasteiger partial charge in [-0.3, -0.25) is 0 Å². The summed E-state index contributed by atoms with van der Waals surface area (Å²) in [6, 6.07) is 2.82. The summed E-state index contributed by atoms with van der Waals surface area (Å²) in [5, 5.41) is 3.45. The average Bonchev–Trinajstić information content (AvgIpc) is 3.00. The Kier molecular flexibility index (Phi) is 3.18. The van der Waals surface area contributed by atoms with Crippen LogP contribution in [0.2, 0.25) is 0 Å². The Morgan fingerprint density at radius 2 is 2.24 bits per heavy atom. The van der Waals surface area contributed by atoms with Crippen LogP contribution in [0.25, 0.3) is 0 Å². The molecule has 3 rings (SSSR count). The van der Waals surface area contributed by atoms with Crippen molar-refractivity contribution in [2.45, 2.75) is 45.1 Å². The van der Waals surface area contributed by atoms with Gasteiger partial charge in [-0.05, 0) is 25.8 Å². The minimum atomic E-state index is 0.275. The first-order chi connectivity index (χ1) is 8.31. The third kappa shape index (κ3) is 2.89. The van der Waals surface area contributed by atoms with Crippen LogP contribution in [-0.4, -0.2) is 25.4 Å². The van der Waals surface area contributed by atoms with Gasteiger partial charge in [0, 0.05) is 11.6 Å². The molecule has 0 aromatic carbocycles. The zero-order chi connectivity index (χ0) is 11.7. The summed E-state index contributed by atoms with van der Waals surface area (Å²) < 4.78 is 16.5. The van der Waals surface area contributed by atoms with Gasteiger partial charge in [-0.1, -0.05) is 0 Å². The first-order valence-electron chi connectivity index (χ1n) is 6.32. The van der Waals surface area contributed by atoms with E-state index in [0.29, 0.717) is 12.6 Å². The van der Waals surface area contributed by atoms with Gasteiger partial charge in [0.15, 0.2) is 0 Å². The number of nitrogens with one attached hydrogen (secondary N) is 1. The Balaban J connectivity index is 1.51. The van der Waals surface area contributed by atoms with Crippen LogP contribution in [0.15, 0.2) is 10.5 Å². The van der Waals surface area contributed by atoms with Crippen LogP contribution >= 0.6 is 0 Å². The van der Waals surface area contributed by atoms with Crippen molar-refractivity contribution >= 4 is 0 Å². The fourth-order valence-electron chi connectivity index (χ4n) is 1.87. The molecule has 1 N–H and O–H groups in total. The third-order valence-corrected chi connectivity index (χ3v) is 3.30. The molecule has 4 nitrogen and oxygen atoms in total. The van der Waals surface area contributed by atoms with Crippen molar-refractivity contribution < 1.29 is 13.9 Å². The number of ether oxygens (including phenoxy) is 2. The van der Waals surface area contributed by atoms with Crippen molar-refractivity contribution in [3.8, 4) is 0 Å². The molecule has 1 aromatic heterocycles. The monoisotopic (exact) mass is 237 g/mol. The van der Waals surface area contributed by atoms with Gasteiger partial charge in [0.25, 0.3) is 0 Å². The van der Waals surface area contributed by atoms with E-state index in [-0.39, 0.29) is 6.10 Å². The van der Waals surface area contributed by atoms with Gasteiger partial charge in [0.05, 0.1) is 26.4 Å². The molecular weight excluding hydrogens is 218 g/mol. The molecule has 1 saturated heterocycles. The van der Waals surface area contributed by atoms with Crippen molar-refractivity contribution in [1.82, 2.24) is 5.32 Å². The zero-order valence-corrected chi connectivity index (χ0v) is 10.2. The Morgan fingerprint density at radius 1 is 1.41 bits per heavy atom. The molecule has 1 aliphatic heterocycles. The summed E-state index contributed by atoms with van der Waals surface area (Å²) >= 11 is 0. The van der Waals surface area contributed by atoms with Gasteiger partial charge in [-0.15, -0.1) is 0 Å². The van der Waals surface area contributed by atoms with Gasteiger partial charge < -0.3 is 19.2 Å². The van der Waals surface area contributed by atoms with Crippen molar-refractivity contribution in [1.29, 1.82) is 0 Å². The predicted octanol–water partition coefficient (Wildman–Crippen LogP) is 1.76. The van der Waals surface area contributed by atoms with Gasteiger partial charge in [-0.25, -0.2) is 0 Å². The molecule has 94 valence electrons. The number of furan rings is 1. The first-order valence-corrected chi connectivity index (χ1v) is 6.32. The van der Waals surface area contributed by atoms with E-state index in [1.54, 1.807) is 0 Å². The molecule has 0 spiro atoms. The Hall–Kier alpha value is -0.840. The summed E-state index contributed by atoms with van der Waals surface area (Å²) in [7, 11) is 0. The fourth-order valence-corrected chi connectivity index (χ4v) is 1.87. The van der Waals surface area contributed by atoms with Crippen LogP contribution < -0.4 is 5.32 Å². The molecular formula is C13H19NO3. The summed E-state index contributed by atoms with van der Waals surface area (Å²) in [6.07, 6.45) is 2.88. The van der Waals surface area contributed by atoms with Crippen LogP contribution in [0, 0.1) is 6.92 Å². The van der Waals surface area contributed by atoms with Gasteiger partial charge in [0.2, 0.25) is 0 Å². The molecule has 2 heterocycles. The highest BCUT2D eigenvalue weighted by Crippen LogP contribution is 2.21. The molecule has 1 aromatic rings. The van der Waals surface area contributed by atoms with Crippen LogP contribution in [0.3, 0.4) is 0 Å². The standard InChI is InChI=1S/C13H19NO3/c1-9-10(6-16-13-7-15-8-13)4-12(17-9)5-14-11-2-3-11/h4,11,13-14H,2-3,5-8H2,1H3. The van der Waals surface area contributed by atoms with E-state index in [0.717, 1.165) is 36.8 Å². The molecule has 17 heavy (non-hydrogen) atoms. The zero-order valence-electron chi connectivity index (χ0n) is 10.2. The van der Waals surface area contributed by atoms with E-state index in [9.17, 15) is 0 Å². The molecule has 2 aliphatic rings. The van der Waals surface area contributed by atoms with E-state index in [2.05, 4.69) is 11.4 Å². The molecule has 0 radical (unpaired) electrons. The lowest BCUT2D eigenvalue weighted by atomic mass is 10.2. The Morgan fingerprint density at radius 3 is 2.88 bits per heavy atom. The highest BCUT2D eigenvalue weighted by atomic mass is 16.6. The molecule has 4 heteroatoms. The number of aryl methyl sites for hydroxylation is 1. The van der Waals surface area contributed by atoms with Crippen molar-refractivity contribution in [2.24, 2.45) is 0 Å². The molecule has 0 amide bonds. The van der Waals surface area contributed by atoms with Gasteiger partial charge in [0.1, 0.15) is 17.6 Å². The molecule has 0 bridgehead atoms. The Labute approximate surface area is 101 Å². The fraction of sp³-hybridized carbons (Fsp3) is 0.692. The second kappa shape index (κ2) is 4.80. The minimum absolute atomic E-state index is 0.275. The summed E-state index contributed by atoms with van der Waals surface area (Å²) in [5.74, 6) is 1.98. The Bertz CT molecular complexity index is 380. The third-order valence-electron chi connectivity index (χ3n) is 3.30. The number of rotatable bonds is 6. The summed E-state index contributed by atoms with van der Waals surface area (Å²) in [5.41, 5.74) is 1.16. The van der Waals surface area contributed by atoms with E-state index < -0.39 is 0 Å². The van der Waals surface area contributed by atoms with Crippen LogP contribution in [0.1, 0.15) is 29.9 Å². The molecule has 1 saturated carbocycles. The van der Waals surface area contributed by atoms with E-state index in [1.165, 1.54) is 12.8 Å². The highest BCUT2D eigenvalue weighted by molar-refractivity contribution is 5.20. The summed E-state index contributed by atoms with van der Waals surface area (Å²) in [4.78, 5) is 0. The second-order valence-corrected chi connectivity index (χ2v) is 4.92. The van der Waals surface area contributed by atoms with Crippen LogP contribution in [-0.2, 0) is 22.6 Å². The topological polar surface area (TPSA) is 43.6 Å². The van der Waals surface area contributed by atoms with Crippen LogP contribution in [0.5, 0.6) is 0 Å². The first kappa shape index (κ1) is 11.3. The van der Waals surface area contributed by atoms with Gasteiger partial charge >= 0.3 is 0 Å². The lowest BCUT2D eigenvalue weighted by Crippen LogP contribution is -2.35. The maximum atomic E-state index is 5.70. The minimum Gasteiger partial charge on any atom is -0.465 e. The quantitative estimate of drug-likeness (QED) is 0.818. The average molecular weight is 237 g/mol. The van der Waals surface area contributed by atoms with Crippen molar-refractivity contribution in [3.05, 3.63) is 23.2 Å². The normalized spacial score (nSPS) is 20.5. The SMILES string of the molecule is Cc1oc(CNC2CC2)cc1COC1COC1. The maximum Gasteiger partial charge on any atom is 0.118 e. The molecule has 0 atom stereocenters. The van der Waals surface area contributed by atoms with E-state index in [4.69, 9.17) is 13.9 Å². The molecule has 1 aliphatic carbocycles. The van der Waals surface area contributed by atoms with Gasteiger partial charge in [-0.2, -0.15) is 0 Å². The van der Waals surface area contributed by atoms with E-state index >= 15 is 0 Å². The number of hydrogen-bond acceptors (Lipinski definition) is 4. The summed E-state index contributed by atoms with van der Waals surface area (Å²) in [6.45, 7) is 4.92. The van der Waals surface area contributed by atoms with Crippen molar-refractivity contribution in [2.75, 3.05) is 13.2 Å². The maximum absolute atomic E-state index is 5.70. The lowest BCUT2D eigenvalue weighted by molar-refractivity contribution is -0.135. The van der Waals surface area contributed by atoms with E-state index in [1.807, 2.05) is 6.92 Å².